The molecule has 1 fully saturated rings. The Kier molecular flexibility index (Phi) is 7.43. The zero-order chi connectivity index (χ0) is 22.4. The number of sulfone groups is 1. The molecule has 0 bridgehead atoms. The number of hydrogen-bond donors (Lipinski definition) is 1. The van der Waals surface area contributed by atoms with Crippen molar-refractivity contribution in [2.45, 2.75) is 57.9 Å². The van der Waals surface area contributed by atoms with E-state index in [1.807, 2.05) is 24.3 Å². The van der Waals surface area contributed by atoms with Crippen LogP contribution in [0.15, 0.2) is 41.9 Å². The minimum absolute atomic E-state index is 0.210. The zero-order valence-electron chi connectivity index (χ0n) is 18.2. The Labute approximate surface area is 183 Å². The van der Waals surface area contributed by atoms with Crippen molar-refractivity contribution in [3.63, 3.8) is 0 Å². The van der Waals surface area contributed by atoms with Gasteiger partial charge in [-0.1, -0.05) is 38.0 Å². The van der Waals surface area contributed by atoms with Crippen molar-refractivity contribution in [1.29, 1.82) is 0 Å². The fourth-order valence-electron chi connectivity index (χ4n) is 3.53. The average Bonchev–Trinajstić information content (AvgIpc) is 3.27. The first kappa shape index (κ1) is 22.9. The van der Waals surface area contributed by atoms with Crippen molar-refractivity contribution in [1.82, 2.24) is 15.3 Å². The van der Waals surface area contributed by atoms with Gasteiger partial charge in [-0.2, -0.15) is 4.98 Å². The molecule has 31 heavy (non-hydrogen) atoms. The number of hydrogen-bond acceptors (Lipinski definition) is 6. The summed E-state index contributed by atoms with van der Waals surface area (Å²) in [6, 6.07) is 7.19. The van der Waals surface area contributed by atoms with Crippen molar-refractivity contribution in [3.8, 4) is 11.6 Å². The molecule has 3 rings (SSSR count). The molecule has 1 aromatic heterocycles. The van der Waals surface area contributed by atoms with E-state index in [1.165, 1.54) is 12.3 Å². The summed E-state index contributed by atoms with van der Waals surface area (Å²) in [5.41, 5.74) is 1.33. The maximum atomic E-state index is 12.9. The summed E-state index contributed by atoms with van der Waals surface area (Å²) < 4.78 is 28.7. The molecule has 7 nitrogen and oxygen atoms in total. The largest absolute Gasteiger partial charge is 0.438 e. The highest BCUT2D eigenvalue weighted by Crippen LogP contribution is 2.34. The second-order valence-electron chi connectivity index (χ2n) is 7.95. The SMILES string of the molecule is CCc1cccc(Oc2nc(C3CCCC3)ncc2C(=O)NC(C)/C=C/S(C)(=O)=O)c1. The number of benzene rings is 1. The molecule has 8 heteroatoms. The van der Waals surface area contributed by atoms with Gasteiger partial charge in [-0.05, 0) is 43.9 Å². The van der Waals surface area contributed by atoms with Crippen LogP contribution < -0.4 is 10.1 Å². The Morgan fingerprint density at radius 2 is 2.06 bits per heavy atom. The van der Waals surface area contributed by atoms with Gasteiger partial charge in [0, 0.05) is 29.8 Å². The summed E-state index contributed by atoms with van der Waals surface area (Å²) in [7, 11) is -3.27. The Balaban J connectivity index is 1.88. The van der Waals surface area contributed by atoms with Crippen LogP contribution in [0.25, 0.3) is 0 Å². The molecular weight excluding hydrogens is 414 g/mol. The number of aromatic nitrogens is 2. The molecule has 1 saturated carbocycles. The van der Waals surface area contributed by atoms with Crippen LogP contribution in [0.4, 0.5) is 0 Å². The highest BCUT2D eigenvalue weighted by molar-refractivity contribution is 7.93. The summed E-state index contributed by atoms with van der Waals surface area (Å²) in [5.74, 6) is 1.36. The molecule has 166 valence electrons. The third-order valence-corrected chi connectivity index (χ3v) is 5.88. The summed E-state index contributed by atoms with van der Waals surface area (Å²) in [4.78, 5) is 21.9. The second-order valence-corrected chi connectivity index (χ2v) is 9.88. The topological polar surface area (TPSA) is 98.2 Å². The van der Waals surface area contributed by atoms with Gasteiger partial charge < -0.3 is 10.1 Å². The van der Waals surface area contributed by atoms with Crippen LogP contribution in [-0.2, 0) is 16.3 Å². The van der Waals surface area contributed by atoms with E-state index in [9.17, 15) is 13.2 Å². The van der Waals surface area contributed by atoms with Crippen LogP contribution in [-0.4, -0.2) is 36.6 Å². The summed E-state index contributed by atoms with van der Waals surface area (Å²) in [6.45, 7) is 3.75. The van der Waals surface area contributed by atoms with Gasteiger partial charge in [0.1, 0.15) is 17.1 Å². The van der Waals surface area contributed by atoms with Gasteiger partial charge in [-0.25, -0.2) is 13.4 Å². The molecule has 1 aliphatic rings. The molecule has 1 aliphatic carbocycles. The van der Waals surface area contributed by atoms with Crippen LogP contribution in [0.3, 0.4) is 0 Å². The highest BCUT2D eigenvalue weighted by Gasteiger charge is 2.24. The molecule has 1 atom stereocenters. The van der Waals surface area contributed by atoms with Crippen molar-refractivity contribution >= 4 is 15.7 Å². The number of nitrogens with zero attached hydrogens (tertiary/aromatic N) is 2. The van der Waals surface area contributed by atoms with Gasteiger partial charge in [0.2, 0.25) is 5.88 Å². The normalized spacial score (nSPS) is 15.8. The van der Waals surface area contributed by atoms with E-state index in [0.717, 1.165) is 49.3 Å². The van der Waals surface area contributed by atoms with Crippen LogP contribution in [0.5, 0.6) is 11.6 Å². The number of carbonyl (C=O) groups is 1. The third-order valence-electron chi connectivity index (χ3n) is 5.23. The quantitative estimate of drug-likeness (QED) is 0.658. The monoisotopic (exact) mass is 443 g/mol. The summed E-state index contributed by atoms with van der Waals surface area (Å²) >= 11 is 0. The Morgan fingerprint density at radius 1 is 1.32 bits per heavy atom. The Bertz CT molecular complexity index is 1060. The number of rotatable bonds is 8. The summed E-state index contributed by atoms with van der Waals surface area (Å²) in [5, 5.41) is 3.83. The maximum Gasteiger partial charge on any atom is 0.258 e. The number of aryl methyl sites for hydroxylation is 1. The van der Waals surface area contributed by atoms with Crippen LogP contribution >= 0.6 is 0 Å². The molecule has 0 radical (unpaired) electrons. The molecule has 1 aromatic carbocycles. The lowest BCUT2D eigenvalue weighted by atomic mass is 10.1. The predicted molar refractivity (Wildman–Crippen MR) is 120 cm³/mol. The lowest BCUT2D eigenvalue weighted by molar-refractivity contribution is 0.0943. The van der Waals surface area contributed by atoms with Crippen LogP contribution in [0, 0.1) is 0 Å². The summed E-state index contributed by atoms with van der Waals surface area (Å²) in [6.07, 6.45) is 9.25. The first-order valence-electron chi connectivity index (χ1n) is 10.6. The zero-order valence-corrected chi connectivity index (χ0v) is 19.0. The van der Waals surface area contributed by atoms with Gasteiger partial charge in [0.15, 0.2) is 9.84 Å². The Morgan fingerprint density at radius 3 is 2.74 bits per heavy atom. The van der Waals surface area contributed by atoms with Crippen molar-refractivity contribution in [3.05, 3.63) is 58.9 Å². The number of carbonyl (C=O) groups excluding carboxylic acids is 1. The molecule has 2 aromatic rings. The Hall–Kier alpha value is -2.74. The van der Waals surface area contributed by atoms with E-state index < -0.39 is 21.8 Å². The average molecular weight is 444 g/mol. The van der Waals surface area contributed by atoms with Crippen molar-refractivity contribution in [2.24, 2.45) is 0 Å². The van der Waals surface area contributed by atoms with E-state index in [1.54, 1.807) is 6.92 Å². The van der Waals surface area contributed by atoms with Crippen LogP contribution in [0.1, 0.15) is 67.2 Å². The molecule has 1 N–H and O–H groups in total. The minimum Gasteiger partial charge on any atom is -0.438 e. The number of nitrogens with one attached hydrogen (secondary N) is 1. The first-order chi connectivity index (χ1) is 14.7. The van der Waals surface area contributed by atoms with Crippen molar-refractivity contribution < 1.29 is 17.9 Å². The smallest absolute Gasteiger partial charge is 0.258 e. The van der Waals surface area contributed by atoms with Gasteiger partial charge in [0.25, 0.3) is 5.91 Å². The second kappa shape index (κ2) is 10.0. The van der Waals surface area contributed by atoms with Crippen molar-refractivity contribution in [2.75, 3.05) is 6.26 Å². The first-order valence-corrected chi connectivity index (χ1v) is 12.5. The predicted octanol–water partition coefficient (Wildman–Crippen LogP) is 4.17. The van der Waals surface area contributed by atoms with E-state index in [2.05, 4.69) is 22.2 Å². The molecule has 0 aliphatic heterocycles. The molecule has 1 amide bonds. The fraction of sp³-hybridized carbons (Fsp3) is 0.435. The molecular formula is C23H29N3O4S. The highest BCUT2D eigenvalue weighted by atomic mass is 32.2. The standard InChI is InChI=1S/C23H29N3O4S/c1-4-17-8-7-11-19(14-17)30-23-20(15-24-21(26-23)18-9-5-6-10-18)22(27)25-16(2)12-13-31(3,28)29/h7-8,11-16,18H,4-6,9-10H2,1-3H3,(H,25,27)/b13-12+. The van der Waals surface area contributed by atoms with Gasteiger partial charge in [-0.15, -0.1) is 0 Å². The molecule has 1 unspecified atom stereocenters. The van der Waals surface area contributed by atoms with E-state index in [0.29, 0.717) is 11.6 Å². The molecule has 0 saturated heterocycles. The van der Waals surface area contributed by atoms with Gasteiger partial charge in [-0.3, -0.25) is 4.79 Å². The minimum atomic E-state index is -3.27. The van der Waals surface area contributed by atoms with E-state index >= 15 is 0 Å². The molecule has 1 heterocycles. The van der Waals surface area contributed by atoms with Crippen LogP contribution in [0.2, 0.25) is 0 Å². The lowest BCUT2D eigenvalue weighted by Crippen LogP contribution is -2.31. The maximum absolute atomic E-state index is 12.9. The van der Waals surface area contributed by atoms with Gasteiger partial charge in [0.05, 0.1) is 0 Å². The van der Waals surface area contributed by atoms with E-state index in [4.69, 9.17) is 4.74 Å². The third kappa shape index (κ3) is 6.62. The number of ether oxygens (including phenoxy) is 1. The fourth-order valence-corrected chi connectivity index (χ4v) is 4.05. The molecule has 0 spiro atoms. The number of amides is 1. The van der Waals surface area contributed by atoms with E-state index in [-0.39, 0.29) is 17.4 Å². The van der Waals surface area contributed by atoms with Gasteiger partial charge >= 0.3 is 0 Å². The lowest BCUT2D eigenvalue weighted by Gasteiger charge is -2.15.